The van der Waals surface area contributed by atoms with Crippen molar-refractivity contribution in [1.29, 1.82) is 0 Å². The van der Waals surface area contributed by atoms with Crippen LogP contribution in [0.4, 0.5) is 5.69 Å². The Bertz CT molecular complexity index is 821. The molecule has 1 N–H and O–H groups in total. The summed E-state index contributed by atoms with van der Waals surface area (Å²) >= 11 is 6.18. The molecule has 1 aliphatic rings. The first kappa shape index (κ1) is 14.0. The SMILES string of the molecule is CNN1C(c2ccncc2)=NS(=O)(=O)c2cccc(Cl)c21. The van der Waals surface area contributed by atoms with E-state index in [0.29, 0.717) is 16.3 Å². The molecule has 8 heteroatoms. The number of hydrogen-bond donors (Lipinski definition) is 1. The molecule has 0 atom stereocenters. The first-order valence-corrected chi connectivity index (χ1v) is 7.88. The van der Waals surface area contributed by atoms with E-state index in [9.17, 15) is 8.42 Å². The molecule has 108 valence electrons. The lowest BCUT2D eigenvalue weighted by molar-refractivity contribution is 0.596. The molecule has 3 rings (SSSR count). The number of hydrazine groups is 1. The number of benzene rings is 1. The van der Waals surface area contributed by atoms with Gasteiger partial charge in [0.25, 0.3) is 10.0 Å². The van der Waals surface area contributed by atoms with Crippen LogP contribution in [0.1, 0.15) is 5.56 Å². The van der Waals surface area contributed by atoms with Crippen LogP contribution >= 0.6 is 11.6 Å². The summed E-state index contributed by atoms with van der Waals surface area (Å²) in [5, 5.41) is 1.88. The summed E-state index contributed by atoms with van der Waals surface area (Å²) < 4.78 is 28.6. The second-order valence-electron chi connectivity index (χ2n) is 4.27. The number of nitrogens with zero attached hydrogens (tertiary/aromatic N) is 3. The third-order valence-corrected chi connectivity index (χ3v) is 4.64. The highest BCUT2D eigenvalue weighted by molar-refractivity contribution is 7.90. The summed E-state index contributed by atoms with van der Waals surface area (Å²) in [4.78, 5) is 3.99. The maximum atomic E-state index is 12.4. The number of aromatic nitrogens is 1. The third-order valence-electron chi connectivity index (χ3n) is 3.03. The second-order valence-corrected chi connectivity index (χ2v) is 6.25. The maximum Gasteiger partial charge on any atom is 0.286 e. The molecule has 1 aromatic carbocycles. The van der Waals surface area contributed by atoms with Gasteiger partial charge in [0.15, 0.2) is 5.84 Å². The van der Waals surface area contributed by atoms with E-state index in [1.165, 1.54) is 6.07 Å². The van der Waals surface area contributed by atoms with E-state index < -0.39 is 10.0 Å². The van der Waals surface area contributed by atoms with Gasteiger partial charge in [0.1, 0.15) is 4.90 Å². The topological polar surface area (TPSA) is 74.7 Å². The molecule has 0 spiro atoms. The van der Waals surface area contributed by atoms with Gasteiger partial charge in [-0.3, -0.25) is 9.99 Å². The lowest BCUT2D eigenvalue weighted by atomic mass is 10.2. The summed E-state index contributed by atoms with van der Waals surface area (Å²) in [6.45, 7) is 0. The predicted octanol–water partition coefficient (Wildman–Crippen LogP) is 1.82. The molecule has 0 bridgehead atoms. The third kappa shape index (κ3) is 2.29. The minimum absolute atomic E-state index is 0.0714. The van der Waals surface area contributed by atoms with Crippen molar-refractivity contribution in [1.82, 2.24) is 10.4 Å². The van der Waals surface area contributed by atoms with Crippen molar-refractivity contribution in [2.45, 2.75) is 4.90 Å². The number of para-hydroxylation sites is 1. The van der Waals surface area contributed by atoms with E-state index in [0.717, 1.165) is 0 Å². The lowest BCUT2D eigenvalue weighted by Gasteiger charge is -2.30. The molecule has 0 amide bonds. The zero-order valence-corrected chi connectivity index (χ0v) is 12.6. The minimum Gasteiger partial charge on any atom is -0.265 e. The maximum absolute atomic E-state index is 12.4. The molecule has 2 aromatic rings. The molecule has 1 aliphatic heterocycles. The van der Waals surface area contributed by atoms with Gasteiger partial charge in [0.05, 0.1) is 10.7 Å². The van der Waals surface area contributed by atoms with E-state index in [1.807, 2.05) is 0 Å². The van der Waals surface area contributed by atoms with E-state index in [2.05, 4.69) is 14.8 Å². The van der Waals surface area contributed by atoms with E-state index in [-0.39, 0.29) is 10.7 Å². The lowest BCUT2D eigenvalue weighted by Crippen LogP contribution is -2.44. The normalized spacial score (nSPS) is 16.3. The van der Waals surface area contributed by atoms with Crippen LogP contribution in [0.25, 0.3) is 0 Å². The van der Waals surface area contributed by atoms with Crippen LogP contribution < -0.4 is 10.4 Å². The Kier molecular flexibility index (Phi) is 3.40. The average Bonchev–Trinajstić information content (AvgIpc) is 2.48. The average molecular weight is 323 g/mol. The minimum atomic E-state index is -3.80. The molecule has 0 unspecified atom stereocenters. The zero-order chi connectivity index (χ0) is 15.0. The van der Waals surface area contributed by atoms with Gasteiger partial charge in [0.2, 0.25) is 0 Å². The molecular formula is C13H11ClN4O2S. The summed E-state index contributed by atoms with van der Waals surface area (Å²) in [6, 6.07) is 8.06. The second kappa shape index (κ2) is 5.10. The number of fused-ring (bicyclic) bond motifs is 1. The van der Waals surface area contributed by atoms with E-state index in [4.69, 9.17) is 11.6 Å². The van der Waals surface area contributed by atoms with Gasteiger partial charge in [-0.25, -0.2) is 5.43 Å². The van der Waals surface area contributed by atoms with Crippen LogP contribution in [0.2, 0.25) is 5.02 Å². The van der Waals surface area contributed by atoms with Crippen molar-refractivity contribution < 1.29 is 8.42 Å². The Balaban J connectivity index is 2.29. The fourth-order valence-electron chi connectivity index (χ4n) is 2.13. The molecule has 6 nitrogen and oxygen atoms in total. The van der Waals surface area contributed by atoms with Crippen LogP contribution in [-0.2, 0) is 10.0 Å². The van der Waals surface area contributed by atoms with Gasteiger partial charge < -0.3 is 0 Å². The largest absolute Gasteiger partial charge is 0.286 e. The standard InChI is InChI=1S/C13H11ClN4O2S/c1-15-18-12-10(14)3-2-4-11(12)21(19,20)17-13(18)9-5-7-16-8-6-9/h2-8,15H,1H3. The van der Waals surface area contributed by atoms with Crippen LogP contribution in [0.15, 0.2) is 52.0 Å². The predicted molar refractivity (Wildman–Crippen MR) is 81.0 cm³/mol. The Morgan fingerprint density at radius 3 is 2.57 bits per heavy atom. The van der Waals surface area contributed by atoms with Crippen LogP contribution in [0.3, 0.4) is 0 Å². The molecule has 1 aromatic heterocycles. The smallest absolute Gasteiger partial charge is 0.265 e. The van der Waals surface area contributed by atoms with Crippen LogP contribution in [0, 0.1) is 0 Å². The number of amidine groups is 1. The monoisotopic (exact) mass is 322 g/mol. The van der Waals surface area contributed by atoms with E-state index in [1.54, 1.807) is 48.7 Å². The van der Waals surface area contributed by atoms with Gasteiger partial charge in [-0.05, 0) is 24.3 Å². The Morgan fingerprint density at radius 2 is 1.90 bits per heavy atom. The van der Waals surface area contributed by atoms with Gasteiger partial charge in [-0.15, -0.1) is 4.40 Å². The summed E-state index contributed by atoms with van der Waals surface area (Å²) in [6.07, 6.45) is 3.14. The van der Waals surface area contributed by atoms with Crippen molar-refractivity contribution in [3.05, 3.63) is 53.3 Å². The highest BCUT2D eigenvalue weighted by Gasteiger charge is 2.32. The number of anilines is 1. The Hall–Kier alpha value is -1.96. The first-order valence-electron chi connectivity index (χ1n) is 6.06. The highest BCUT2D eigenvalue weighted by Crippen LogP contribution is 2.37. The van der Waals surface area contributed by atoms with E-state index >= 15 is 0 Å². The quantitative estimate of drug-likeness (QED) is 0.913. The number of rotatable bonds is 2. The molecule has 0 radical (unpaired) electrons. The van der Waals surface area contributed by atoms with Gasteiger partial charge in [0, 0.05) is 25.0 Å². The number of sulfonamides is 1. The number of hydrogen-bond acceptors (Lipinski definition) is 5. The summed E-state index contributed by atoms with van der Waals surface area (Å²) in [7, 11) is -2.14. The number of pyridine rings is 1. The summed E-state index contributed by atoms with van der Waals surface area (Å²) in [5.74, 6) is 0.250. The van der Waals surface area contributed by atoms with Gasteiger partial charge in [-0.1, -0.05) is 17.7 Å². The van der Waals surface area contributed by atoms with Gasteiger partial charge >= 0.3 is 0 Å². The Morgan fingerprint density at radius 1 is 1.19 bits per heavy atom. The molecule has 0 aliphatic carbocycles. The molecule has 21 heavy (non-hydrogen) atoms. The fourth-order valence-corrected chi connectivity index (χ4v) is 3.66. The van der Waals surface area contributed by atoms with Crippen molar-refractivity contribution >= 4 is 33.1 Å². The Labute approximate surface area is 127 Å². The molecule has 2 heterocycles. The highest BCUT2D eigenvalue weighted by atomic mass is 35.5. The first-order chi connectivity index (χ1) is 10.0. The van der Waals surface area contributed by atoms with Crippen molar-refractivity contribution in [3.63, 3.8) is 0 Å². The van der Waals surface area contributed by atoms with Gasteiger partial charge in [-0.2, -0.15) is 8.42 Å². The van der Waals surface area contributed by atoms with Crippen molar-refractivity contribution in [2.24, 2.45) is 4.40 Å². The fraction of sp³-hybridized carbons (Fsp3) is 0.0769. The van der Waals surface area contributed by atoms with Crippen molar-refractivity contribution in [3.8, 4) is 0 Å². The number of nitrogens with one attached hydrogen (secondary N) is 1. The van der Waals surface area contributed by atoms with Crippen LogP contribution in [0.5, 0.6) is 0 Å². The molecule has 0 saturated heterocycles. The molecule has 0 saturated carbocycles. The molecular weight excluding hydrogens is 312 g/mol. The summed E-state index contributed by atoms with van der Waals surface area (Å²) in [5.41, 5.74) is 3.90. The van der Waals surface area contributed by atoms with Crippen molar-refractivity contribution in [2.75, 3.05) is 12.1 Å². The molecule has 0 fully saturated rings. The number of halogens is 1. The van der Waals surface area contributed by atoms with Crippen LogP contribution in [-0.4, -0.2) is 26.3 Å². The zero-order valence-electron chi connectivity index (χ0n) is 11.0.